The lowest BCUT2D eigenvalue weighted by molar-refractivity contribution is 0.0527. The Labute approximate surface area is 128 Å². The van der Waals surface area contributed by atoms with Gasteiger partial charge in [-0.05, 0) is 43.6 Å². The summed E-state index contributed by atoms with van der Waals surface area (Å²) in [5.41, 5.74) is -0.564. The fraction of sp³-hybridized carbons (Fsp3) is 0.500. The molecular formula is C14H20ClNO3S. The number of nitrogens with one attached hydrogen (secondary N) is 1. The lowest BCUT2D eigenvalue weighted by Crippen LogP contribution is -2.41. The minimum Gasteiger partial charge on any atom is -0.496 e. The van der Waals surface area contributed by atoms with Crippen molar-refractivity contribution in [1.29, 1.82) is 0 Å². The number of amides is 1. The molecule has 1 atom stereocenters. The summed E-state index contributed by atoms with van der Waals surface area (Å²) in [6, 6.07) is 4.85. The minimum absolute atomic E-state index is 0.183. The van der Waals surface area contributed by atoms with Gasteiger partial charge in [0.05, 0.1) is 18.3 Å². The number of hydrogen-bond donors (Lipinski definition) is 2. The average Bonchev–Trinajstić information content (AvgIpc) is 2.42. The lowest BCUT2D eigenvalue weighted by Gasteiger charge is -2.23. The molecule has 0 saturated carbocycles. The summed E-state index contributed by atoms with van der Waals surface area (Å²) in [6.07, 6.45) is 2.59. The molecule has 2 N–H and O–H groups in total. The topological polar surface area (TPSA) is 58.6 Å². The summed E-state index contributed by atoms with van der Waals surface area (Å²) < 4.78 is 5.13. The number of thioether (sulfide) groups is 1. The second-order valence-electron chi connectivity index (χ2n) is 4.77. The van der Waals surface area contributed by atoms with Gasteiger partial charge in [-0.2, -0.15) is 11.8 Å². The number of rotatable bonds is 7. The van der Waals surface area contributed by atoms with E-state index in [0.717, 1.165) is 5.75 Å². The maximum atomic E-state index is 12.1. The fourth-order valence-corrected chi connectivity index (χ4v) is 2.45. The molecule has 0 bridgehead atoms. The highest BCUT2D eigenvalue weighted by molar-refractivity contribution is 7.98. The normalized spacial score (nSPS) is 13.7. The van der Waals surface area contributed by atoms with Crippen LogP contribution in [0.15, 0.2) is 18.2 Å². The summed E-state index contributed by atoms with van der Waals surface area (Å²) in [6.45, 7) is 1.89. The van der Waals surface area contributed by atoms with E-state index < -0.39 is 5.60 Å². The van der Waals surface area contributed by atoms with Gasteiger partial charge < -0.3 is 15.2 Å². The molecule has 1 aromatic rings. The largest absolute Gasteiger partial charge is 0.496 e. The van der Waals surface area contributed by atoms with Crippen LogP contribution >= 0.6 is 23.4 Å². The molecule has 0 aliphatic rings. The number of ether oxygens (including phenoxy) is 1. The van der Waals surface area contributed by atoms with E-state index in [-0.39, 0.29) is 12.5 Å². The fourth-order valence-electron chi connectivity index (χ4n) is 1.63. The predicted molar refractivity (Wildman–Crippen MR) is 84.0 cm³/mol. The first-order valence-electron chi connectivity index (χ1n) is 6.22. The number of carbonyl (C=O) groups excluding carboxylic acids is 1. The summed E-state index contributed by atoms with van der Waals surface area (Å²) in [5.74, 6) is 0.980. The number of carbonyl (C=O) groups is 1. The minimum atomic E-state index is -0.926. The third-order valence-electron chi connectivity index (χ3n) is 2.88. The van der Waals surface area contributed by atoms with E-state index in [1.807, 2.05) is 6.26 Å². The Balaban J connectivity index is 2.69. The first kappa shape index (κ1) is 17.1. The number of halogens is 1. The van der Waals surface area contributed by atoms with Crippen molar-refractivity contribution < 1.29 is 14.6 Å². The van der Waals surface area contributed by atoms with E-state index in [1.165, 1.54) is 7.11 Å². The van der Waals surface area contributed by atoms with Gasteiger partial charge in [0.25, 0.3) is 5.91 Å². The molecule has 112 valence electrons. The van der Waals surface area contributed by atoms with Crippen molar-refractivity contribution in [2.45, 2.75) is 18.9 Å². The Morgan fingerprint density at radius 1 is 1.55 bits per heavy atom. The van der Waals surface area contributed by atoms with Crippen LogP contribution in [0.2, 0.25) is 5.02 Å². The van der Waals surface area contributed by atoms with Crippen molar-refractivity contribution >= 4 is 29.3 Å². The molecule has 0 aliphatic heterocycles. The van der Waals surface area contributed by atoms with Crippen molar-refractivity contribution in [3.05, 3.63) is 28.8 Å². The summed E-state index contributed by atoms with van der Waals surface area (Å²) >= 11 is 7.55. The zero-order chi connectivity index (χ0) is 15.2. The Hall–Kier alpha value is -0.910. The molecule has 0 spiro atoms. The van der Waals surface area contributed by atoms with E-state index in [4.69, 9.17) is 16.3 Å². The molecule has 0 aliphatic carbocycles. The summed E-state index contributed by atoms with van der Waals surface area (Å²) in [4.78, 5) is 12.1. The Bertz CT molecular complexity index is 466. The zero-order valence-electron chi connectivity index (χ0n) is 11.9. The molecule has 20 heavy (non-hydrogen) atoms. The first-order valence-corrected chi connectivity index (χ1v) is 8.00. The lowest BCUT2D eigenvalue weighted by atomic mass is 10.0. The summed E-state index contributed by atoms with van der Waals surface area (Å²) in [7, 11) is 1.49. The standard InChI is InChI=1S/C14H20ClNO3S/c1-14(18,6-7-20-3)9-16-13(17)11-8-10(15)4-5-12(11)19-2/h4-5,8,18H,6-7,9H2,1-3H3,(H,16,17)/t14-/m1/s1. The van der Waals surface area contributed by atoms with Gasteiger partial charge in [0.1, 0.15) is 5.75 Å². The Morgan fingerprint density at radius 3 is 2.85 bits per heavy atom. The van der Waals surface area contributed by atoms with Crippen molar-refractivity contribution in [2.75, 3.05) is 25.7 Å². The second-order valence-corrected chi connectivity index (χ2v) is 6.19. The van der Waals surface area contributed by atoms with Gasteiger partial charge >= 0.3 is 0 Å². The molecular weight excluding hydrogens is 298 g/mol. The van der Waals surface area contributed by atoms with Gasteiger partial charge in [-0.25, -0.2) is 0 Å². The highest BCUT2D eigenvalue weighted by atomic mass is 35.5. The molecule has 4 nitrogen and oxygen atoms in total. The van der Waals surface area contributed by atoms with Crippen LogP contribution < -0.4 is 10.1 Å². The van der Waals surface area contributed by atoms with Gasteiger partial charge in [0.15, 0.2) is 0 Å². The molecule has 0 radical (unpaired) electrons. The van der Waals surface area contributed by atoms with Crippen LogP contribution in [0, 0.1) is 0 Å². The smallest absolute Gasteiger partial charge is 0.255 e. The predicted octanol–water partition coefficient (Wildman–Crippen LogP) is 2.58. The zero-order valence-corrected chi connectivity index (χ0v) is 13.5. The van der Waals surface area contributed by atoms with E-state index in [1.54, 1.807) is 36.9 Å². The van der Waals surface area contributed by atoms with Gasteiger partial charge in [-0.3, -0.25) is 4.79 Å². The molecule has 0 aromatic heterocycles. The van der Waals surface area contributed by atoms with E-state index >= 15 is 0 Å². The van der Waals surface area contributed by atoms with Crippen molar-refractivity contribution in [3.8, 4) is 5.75 Å². The number of hydrogen-bond acceptors (Lipinski definition) is 4. The molecule has 1 aromatic carbocycles. The van der Waals surface area contributed by atoms with Gasteiger partial charge in [-0.1, -0.05) is 11.6 Å². The molecule has 1 amide bonds. The van der Waals surface area contributed by atoms with Crippen LogP contribution in [-0.4, -0.2) is 42.3 Å². The molecule has 0 heterocycles. The van der Waals surface area contributed by atoms with Crippen molar-refractivity contribution in [3.63, 3.8) is 0 Å². The Kier molecular flexibility index (Phi) is 6.65. The van der Waals surface area contributed by atoms with Crippen LogP contribution in [0.5, 0.6) is 5.75 Å². The molecule has 6 heteroatoms. The second kappa shape index (κ2) is 7.76. The van der Waals surface area contributed by atoms with Crippen LogP contribution in [0.25, 0.3) is 0 Å². The van der Waals surface area contributed by atoms with Gasteiger partial charge in [-0.15, -0.1) is 0 Å². The maximum absolute atomic E-state index is 12.1. The molecule has 0 saturated heterocycles. The van der Waals surface area contributed by atoms with Crippen molar-refractivity contribution in [2.24, 2.45) is 0 Å². The highest BCUT2D eigenvalue weighted by Crippen LogP contribution is 2.22. The number of benzene rings is 1. The molecule has 0 unspecified atom stereocenters. The first-order chi connectivity index (χ1) is 9.39. The van der Waals surface area contributed by atoms with Crippen LogP contribution in [0.4, 0.5) is 0 Å². The maximum Gasteiger partial charge on any atom is 0.255 e. The third-order valence-corrected chi connectivity index (χ3v) is 3.73. The Morgan fingerprint density at radius 2 is 2.25 bits per heavy atom. The van der Waals surface area contributed by atoms with Gasteiger partial charge in [0, 0.05) is 11.6 Å². The number of aliphatic hydroxyl groups is 1. The van der Waals surface area contributed by atoms with E-state index in [2.05, 4.69) is 5.32 Å². The quantitative estimate of drug-likeness (QED) is 0.811. The van der Waals surface area contributed by atoms with Gasteiger partial charge in [0.2, 0.25) is 0 Å². The third kappa shape index (κ3) is 5.23. The van der Waals surface area contributed by atoms with E-state index in [9.17, 15) is 9.90 Å². The monoisotopic (exact) mass is 317 g/mol. The molecule has 1 rings (SSSR count). The molecule has 0 fully saturated rings. The van der Waals surface area contributed by atoms with Crippen LogP contribution in [0.3, 0.4) is 0 Å². The SMILES string of the molecule is COc1ccc(Cl)cc1C(=O)NC[C@](C)(O)CCSC. The summed E-state index contributed by atoms with van der Waals surface area (Å²) in [5, 5.41) is 13.3. The average molecular weight is 318 g/mol. The highest BCUT2D eigenvalue weighted by Gasteiger charge is 2.22. The van der Waals surface area contributed by atoms with Crippen molar-refractivity contribution in [1.82, 2.24) is 5.32 Å². The van der Waals surface area contributed by atoms with E-state index in [0.29, 0.717) is 22.8 Å². The number of methoxy groups -OCH3 is 1. The van der Waals surface area contributed by atoms with Crippen LogP contribution in [-0.2, 0) is 0 Å². The van der Waals surface area contributed by atoms with Crippen LogP contribution in [0.1, 0.15) is 23.7 Å².